The van der Waals surface area contributed by atoms with Crippen LogP contribution in [0.4, 0.5) is 0 Å². The van der Waals surface area contributed by atoms with E-state index in [0.717, 1.165) is 4.47 Å². The first-order valence-corrected chi connectivity index (χ1v) is 9.28. The maximum absolute atomic E-state index is 12.9. The fourth-order valence-electron chi connectivity index (χ4n) is 3.42. The predicted octanol–water partition coefficient (Wildman–Crippen LogP) is 3.93. The number of Topliss-reactive ketones (excluding diaryl/α,β-unsaturated/α-hetero) is 1. The second kappa shape index (κ2) is 6.83. The molecular weight excluding hydrogens is 398 g/mol. The number of carbonyl (C=O) groups is 2. The second-order valence-electron chi connectivity index (χ2n) is 7.19. The van der Waals surface area contributed by atoms with Crippen molar-refractivity contribution in [3.8, 4) is 5.69 Å². The number of fused-ring (bicyclic) bond motifs is 1. The molecule has 1 aliphatic rings. The summed E-state index contributed by atoms with van der Waals surface area (Å²) in [5.74, 6) is -0.762. The zero-order valence-electron chi connectivity index (χ0n) is 15.0. The molecular formula is C20H20BrNO4. The highest BCUT2D eigenvalue weighted by Crippen LogP contribution is 2.36. The fourth-order valence-corrected chi connectivity index (χ4v) is 3.69. The average molecular weight is 418 g/mol. The Kier molecular flexibility index (Phi) is 4.88. The summed E-state index contributed by atoms with van der Waals surface area (Å²) in [7, 11) is 0. The number of ether oxygens (including phenoxy) is 1. The van der Waals surface area contributed by atoms with Crippen LogP contribution in [0.3, 0.4) is 0 Å². The molecule has 0 N–H and O–H groups in total. The van der Waals surface area contributed by atoms with Crippen molar-refractivity contribution in [1.29, 1.82) is 0 Å². The molecule has 0 unspecified atom stereocenters. The molecule has 0 atom stereocenters. The molecule has 0 radical (unpaired) electrons. The molecule has 0 amide bonds. The lowest BCUT2D eigenvalue weighted by molar-refractivity contribution is 0.0520. The van der Waals surface area contributed by atoms with Gasteiger partial charge in [0.25, 0.3) is 5.56 Å². The van der Waals surface area contributed by atoms with Gasteiger partial charge in [-0.25, -0.2) is 4.79 Å². The van der Waals surface area contributed by atoms with Crippen LogP contribution in [0.1, 0.15) is 53.6 Å². The molecule has 0 saturated carbocycles. The van der Waals surface area contributed by atoms with Gasteiger partial charge in [-0.05, 0) is 43.0 Å². The van der Waals surface area contributed by atoms with Crippen LogP contribution < -0.4 is 5.56 Å². The molecule has 0 spiro atoms. The summed E-state index contributed by atoms with van der Waals surface area (Å²) in [5, 5.41) is 0. The van der Waals surface area contributed by atoms with Gasteiger partial charge in [-0.1, -0.05) is 29.8 Å². The Morgan fingerprint density at radius 2 is 1.85 bits per heavy atom. The predicted molar refractivity (Wildman–Crippen MR) is 102 cm³/mol. The van der Waals surface area contributed by atoms with E-state index in [1.807, 2.05) is 38.1 Å². The van der Waals surface area contributed by atoms with Gasteiger partial charge < -0.3 is 4.74 Å². The van der Waals surface area contributed by atoms with Crippen molar-refractivity contribution in [3.63, 3.8) is 0 Å². The van der Waals surface area contributed by atoms with E-state index in [9.17, 15) is 14.4 Å². The number of hydrogen-bond acceptors (Lipinski definition) is 4. The normalized spacial score (nSPS) is 15.5. The molecule has 1 aliphatic carbocycles. The van der Waals surface area contributed by atoms with Gasteiger partial charge in [0.2, 0.25) is 0 Å². The zero-order valence-corrected chi connectivity index (χ0v) is 16.6. The monoisotopic (exact) mass is 417 g/mol. The lowest BCUT2D eigenvalue weighted by Gasteiger charge is -2.32. The van der Waals surface area contributed by atoms with Crippen LogP contribution in [0.5, 0.6) is 0 Å². The lowest BCUT2D eigenvalue weighted by atomic mass is 9.74. The molecule has 0 saturated heterocycles. The van der Waals surface area contributed by atoms with Crippen LogP contribution in [0, 0.1) is 5.41 Å². The number of nitrogens with zero attached hydrogens (tertiary/aromatic N) is 1. The molecule has 5 nitrogen and oxygen atoms in total. The third kappa shape index (κ3) is 3.38. The fraction of sp³-hybridized carbons (Fsp3) is 0.350. The molecule has 2 aromatic rings. The van der Waals surface area contributed by atoms with Crippen LogP contribution in [-0.2, 0) is 11.2 Å². The average Bonchev–Trinajstić information content (AvgIpc) is 2.54. The Hall–Kier alpha value is -2.21. The van der Waals surface area contributed by atoms with E-state index in [1.54, 1.807) is 6.92 Å². The molecule has 26 heavy (non-hydrogen) atoms. The molecule has 0 fully saturated rings. The van der Waals surface area contributed by atoms with E-state index < -0.39 is 5.97 Å². The van der Waals surface area contributed by atoms with Crippen LogP contribution in [-0.4, -0.2) is 22.9 Å². The molecule has 1 aromatic carbocycles. The summed E-state index contributed by atoms with van der Waals surface area (Å²) in [4.78, 5) is 38.0. The van der Waals surface area contributed by atoms with E-state index in [-0.39, 0.29) is 28.9 Å². The molecule has 0 bridgehead atoms. The molecule has 0 aliphatic heterocycles. The Morgan fingerprint density at radius 3 is 2.46 bits per heavy atom. The Bertz CT molecular complexity index is 942. The van der Waals surface area contributed by atoms with Gasteiger partial charge in [-0.2, -0.15) is 0 Å². The van der Waals surface area contributed by atoms with Crippen molar-refractivity contribution >= 4 is 27.7 Å². The van der Waals surface area contributed by atoms with E-state index in [4.69, 9.17) is 4.74 Å². The van der Waals surface area contributed by atoms with E-state index in [1.165, 1.54) is 10.6 Å². The third-order valence-electron chi connectivity index (χ3n) is 4.46. The quantitative estimate of drug-likeness (QED) is 0.709. The number of rotatable bonds is 3. The molecule has 6 heteroatoms. The summed E-state index contributed by atoms with van der Waals surface area (Å²) in [6.45, 7) is 5.85. The second-order valence-corrected chi connectivity index (χ2v) is 8.11. The van der Waals surface area contributed by atoms with Crippen LogP contribution in [0.2, 0.25) is 0 Å². The van der Waals surface area contributed by atoms with E-state index in [0.29, 0.717) is 29.8 Å². The highest BCUT2D eigenvalue weighted by Gasteiger charge is 2.36. The van der Waals surface area contributed by atoms with Gasteiger partial charge in [0.1, 0.15) is 0 Å². The minimum atomic E-state index is -0.628. The molecule has 1 heterocycles. The van der Waals surface area contributed by atoms with Crippen LogP contribution in [0.15, 0.2) is 39.6 Å². The van der Waals surface area contributed by atoms with Crippen molar-refractivity contribution in [2.75, 3.05) is 6.61 Å². The number of aromatic nitrogens is 1. The summed E-state index contributed by atoms with van der Waals surface area (Å²) in [6.07, 6.45) is 0.845. The number of benzene rings is 1. The number of pyridine rings is 1. The van der Waals surface area contributed by atoms with Crippen LogP contribution >= 0.6 is 15.9 Å². The van der Waals surface area contributed by atoms with E-state index >= 15 is 0 Å². The summed E-state index contributed by atoms with van der Waals surface area (Å²) >= 11 is 3.38. The minimum absolute atomic E-state index is 0.0701. The highest BCUT2D eigenvalue weighted by atomic mass is 79.9. The number of carbonyl (C=O) groups excluding carboxylic acids is 2. The van der Waals surface area contributed by atoms with E-state index in [2.05, 4.69) is 15.9 Å². The Labute approximate surface area is 160 Å². The summed E-state index contributed by atoms with van der Waals surface area (Å²) in [5.41, 5.74) is 0.978. The van der Waals surface area contributed by atoms with Gasteiger partial charge >= 0.3 is 5.97 Å². The zero-order chi connectivity index (χ0) is 19.1. The van der Waals surface area contributed by atoms with Gasteiger partial charge in [0.15, 0.2) is 5.78 Å². The number of hydrogen-bond donors (Lipinski definition) is 0. The van der Waals surface area contributed by atoms with Crippen molar-refractivity contribution in [1.82, 2.24) is 4.57 Å². The Balaban J connectivity index is 2.32. The molecule has 136 valence electrons. The van der Waals surface area contributed by atoms with Gasteiger partial charge in [-0.15, -0.1) is 0 Å². The van der Waals surface area contributed by atoms with Crippen LogP contribution in [0.25, 0.3) is 5.69 Å². The number of esters is 1. The van der Waals surface area contributed by atoms with Crippen molar-refractivity contribution in [3.05, 3.63) is 62.0 Å². The smallest absolute Gasteiger partial charge is 0.339 e. The standard InChI is InChI=1S/C20H20BrNO4/c1-4-26-19(25)14-9-17(24)22(13-7-5-12(21)6-8-13)15-10-20(2,3)11-16(23)18(14)15/h5-9H,4,10-11H2,1-3H3. The summed E-state index contributed by atoms with van der Waals surface area (Å²) in [6, 6.07) is 8.51. The van der Waals surface area contributed by atoms with Gasteiger partial charge in [0.05, 0.1) is 17.7 Å². The molecule has 3 rings (SSSR count). The maximum atomic E-state index is 12.9. The summed E-state index contributed by atoms with van der Waals surface area (Å²) < 4.78 is 7.49. The first kappa shape index (κ1) is 18.6. The van der Waals surface area contributed by atoms with Crippen molar-refractivity contribution in [2.24, 2.45) is 5.41 Å². The topological polar surface area (TPSA) is 65.4 Å². The molecule has 1 aromatic heterocycles. The first-order chi connectivity index (χ1) is 12.2. The SMILES string of the molecule is CCOC(=O)c1cc(=O)n(-c2ccc(Br)cc2)c2c1C(=O)CC(C)(C)C2. The number of ketones is 1. The maximum Gasteiger partial charge on any atom is 0.339 e. The van der Waals surface area contributed by atoms with Gasteiger partial charge in [-0.3, -0.25) is 14.2 Å². The lowest BCUT2D eigenvalue weighted by Crippen LogP contribution is -2.36. The Morgan fingerprint density at radius 1 is 1.19 bits per heavy atom. The number of halogens is 1. The van der Waals surface area contributed by atoms with Gasteiger partial charge in [0, 0.05) is 28.3 Å². The van der Waals surface area contributed by atoms with Crippen molar-refractivity contribution in [2.45, 2.75) is 33.6 Å². The third-order valence-corrected chi connectivity index (χ3v) is 4.99. The van der Waals surface area contributed by atoms with Crippen molar-refractivity contribution < 1.29 is 14.3 Å². The highest BCUT2D eigenvalue weighted by molar-refractivity contribution is 9.10. The minimum Gasteiger partial charge on any atom is -0.462 e. The largest absolute Gasteiger partial charge is 0.462 e. The first-order valence-electron chi connectivity index (χ1n) is 8.49.